The van der Waals surface area contributed by atoms with E-state index < -0.39 is 6.29 Å². The Morgan fingerprint density at radius 2 is 1.67 bits per heavy atom. The molecule has 11 heteroatoms. The number of aromatic nitrogens is 4. The highest BCUT2D eigenvalue weighted by atomic mass is 35.5. The molecule has 0 saturated carbocycles. The van der Waals surface area contributed by atoms with Crippen molar-refractivity contribution in [3.63, 3.8) is 0 Å². The minimum absolute atomic E-state index is 0.0358. The van der Waals surface area contributed by atoms with E-state index in [4.69, 9.17) is 32.7 Å². The third-order valence-electron chi connectivity index (χ3n) is 7.35. The molecule has 9 nitrogen and oxygen atoms in total. The monoisotopic (exact) mass is 603 g/mol. The Hall–Kier alpha value is -3.86. The maximum absolute atomic E-state index is 12.9. The summed E-state index contributed by atoms with van der Waals surface area (Å²) in [7, 11) is 0. The van der Waals surface area contributed by atoms with Crippen LogP contribution in [0.25, 0.3) is 11.0 Å². The van der Waals surface area contributed by atoms with Crippen LogP contribution >= 0.6 is 23.2 Å². The molecule has 4 atom stereocenters. The van der Waals surface area contributed by atoms with Gasteiger partial charge in [0, 0.05) is 17.2 Å². The molecule has 6 rings (SSSR count). The van der Waals surface area contributed by atoms with E-state index in [9.17, 15) is 9.90 Å². The summed E-state index contributed by atoms with van der Waals surface area (Å²) in [5, 5.41) is 12.9. The molecule has 0 unspecified atom stereocenters. The van der Waals surface area contributed by atoms with Crippen LogP contribution < -0.4 is 5.32 Å². The number of anilines is 1. The molecular weight excluding hydrogens is 577 g/mol. The molecule has 0 bridgehead atoms. The second-order valence-electron chi connectivity index (χ2n) is 10.1. The van der Waals surface area contributed by atoms with Crippen molar-refractivity contribution >= 4 is 45.8 Å². The number of aliphatic hydroxyl groups is 1. The van der Waals surface area contributed by atoms with Gasteiger partial charge in [-0.05, 0) is 35.4 Å². The molecule has 1 saturated heterocycles. The molecule has 42 heavy (non-hydrogen) atoms. The molecule has 1 aliphatic rings. The maximum Gasteiger partial charge on any atom is 0.275 e. The van der Waals surface area contributed by atoms with Crippen molar-refractivity contribution in [2.75, 3.05) is 5.32 Å². The Bertz CT molecular complexity index is 1710. The number of aliphatic hydroxyl groups excluding tert-OH is 1. The van der Waals surface area contributed by atoms with Crippen LogP contribution in [0.1, 0.15) is 46.5 Å². The van der Waals surface area contributed by atoms with Crippen LogP contribution in [0.2, 0.25) is 10.3 Å². The highest BCUT2D eigenvalue weighted by molar-refractivity contribution is 6.40. The highest BCUT2D eigenvalue weighted by Gasteiger charge is 2.38. The number of rotatable bonds is 7. The number of carbonyl (C=O) groups is 1. The van der Waals surface area contributed by atoms with Crippen LogP contribution in [-0.4, -0.2) is 36.6 Å². The van der Waals surface area contributed by atoms with Gasteiger partial charge in [0.1, 0.15) is 10.8 Å². The van der Waals surface area contributed by atoms with Gasteiger partial charge < -0.3 is 24.5 Å². The first-order valence-electron chi connectivity index (χ1n) is 13.4. The summed E-state index contributed by atoms with van der Waals surface area (Å²) in [6, 6.07) is 22.4. The maximum atomic E-state index is 12.9. The Balaban J connectivity index is 1.22. The molecule has 5 aromatic rings. The van der Waals surface area contributed by atoms with Gasteiger partial charge >= 0.3 is 0 Å². The summed E-state index contributed by atoms with van der Waals surface area (Å²) in [5.74, 6) is -0.414. The lowest BCUT2D eigenvalue weighted by molar-refractivity contribution is -0.276. The number of nitrogens with one attached hydrogen (secondary N) is 1. The topological polar surface area (TPSA) is 111 Å². The predicted molar refractivity (Wildman–Crippen MR) is 159 cm³/mol. The van der Waals surface area contributed by atoms with Gasteiger partial charge in [-0.15, -0.1) is 0 Å². The number of hydrogen-bond donors (Lipinski definition) is 2. The molecule has 1 aliphatic heterocycles. The number of carbonyl (C=O) groups excluding carboxylic acids is 1. The quantitative estimate of drug-likeness (QED) is 0.222. The van der Waals surface area contributed by atoms with Crippen LogP contribution in [0.5, 0.6) is 0 Å². The number of nitrogens with zero attached hydrogens (tertiary/aromatic N) is 4. The van der Waals surface area contributed by atoms with Crippen molar-refractivity contribution in [1.82, 2.24) is 19.5 Å². The van der Waals surface area contributed by atoms with Crippen LogP contribution in [0.15, 0.2) is 85.3 Å². The molecule has 0 aliphatic carbocycles. The summed E-state index contributed by atoms with van der Waals surface area (Å²) >= 11 is 12.5. The SMILES string of the molecule is C[C@@H]1[C@H](Cn2cnc(Cl)c2Cl)O[C@H](c2ccc(NC(=O)c3cnc4ccccc4n3)cc2)O[C@@H]1c1ccc(CO)cc1. The molecule has 3 heterocycles. The van der Waals surface area contributed by atoms with Gasteiger partial charge in [-0.25, -0.2) is 9.97 Å². The first-order chi connectivity index (χ1) is 20.4. The van der Waals surface area contributed by atoms with E-state index in [1.807, 2.05) is 60.7 Å². The average Bonchev–Trinajstić information content (AvgIpc) is 3.34. The predicted octanol–water partition coefficient (Wildman–Crippen LogP) is 6.37. The Labute approximate surface area is 252 Å². The van der Waals surface area contributed by atoms with E-state index in [1.165, 1.54) is 6.20 Å². The van der Waals surface area contributed by atoms with Crippen LogP contribution in [-0.2, 0) is 22.6 Å². The summed E-state index contributed by atoms with van der Waals surface area (Å²) in [5.41, 5.74) is 4.75. The third kappa shape index (κ3) is 5.88. The van der Waals surface area contributed by atoms with Crippen molar-refractivity contribution in [2.24, 2.45) is 5.92 Å². The van der Waals surface area contributed by atoms with Crippen molar-refractivity contribution in [3.8, 4) is 0 Å². The second kappa shape index (κ2) is 12.2. The second-order valence-corrected chi connectivity index (χ2v) is 10.8. The fourth-order valence-corrected chi connectivity index (χ4v) is 5.29. The first-order valence-corrected chi connectivity index (χ1v) is 14.1. The summed E-state index contributed by atoms with van der Waals surface area (Å²) < 4.78 is 14.7. The Kier molecular flexibility index (Phi) is 8.19. The highest BCUT2D eigenvalue weighted by Crippen LogP contribution is 2.42. The number of halogens is 2. The number of para-hydroxylation sites is 2. The van der Waals surface area contributed by atoms with Gasteiger partial charge in [0.05, 0.1) is 48.9 Å². The number of hydrogen-bond acceptors (Lipinski definition) is 7. The zero-order valence-electron chi connectivity index (χ0n) is 22.5. The van der Waals surface area contributed by atoms with Crippen molar-refractivity contribution < 1.29 is 19.4 Å². The van der Waals surface area contributed by atoms with Gasteiger partial charge in [0.15, 0.2) is 11.4 Å². The van der Waals surface area contributed by atoms with Crippen molar-refractivity contribution in [3.05, 3.63) is 118 Å². The lowest BCUT2D eigenvalue weighted by Gasteiger charge is -2.41. The molecule has 0 radical (unpaired) electrons. The van der Waals surface area contributed by atoms with E-state index in [0.29, 0.717) is 22.9 Å². The number of benzene rings is 3. The van der Waals surface area contributed by atoms with Gasteiger partial charge in [0.25, 0.3) is 5.91 Å². The molecule has 2 aromatic heterocycles. The van der Waals surface area contributed by atoms with Crippen LogP contribution in [0.3, 0.4) is 0 Å². The summed E-state index contributed by atoms with van der Waals surface area (Å²) in [6.07, 6.45) is 1.77. The number of fused-ring (bicyclic) bond motifs is 1. The zero-order valence-corrected chi connectivity index (χ0v) is 24.0. The fraction of sp³-hybridized carbons (Fsp3) is 0.226. The number of ether oxygens (including phenoxy) is 2. The van der Waals surface area contributed by atoms with Crippen molar-refractivity contribution in [1.29, 1.82) is 0 Å². The molecule has 0 spiro atoms. The summed E-state index contributed by atoms with van der Waals surface area (Å²) in [6.45, 7) is 2.45. The Morgan fingerprint density at radius 1 is 0.952 bits per heavy atom. The van der Waals surface area contributed by atoms with Gasteiger partial charge in [-0.1, -0.05) is 78.7 Å². The molecule has 2 N–H and O–H groups in total. The molecular formula is C31H27Cl2N5O4. The molecule has 3 aromatic carbocycles. The minimum Gasteiger partial charge on any atom is -0.392 e. The average molecular weight is 604 g/mol. The fourth-order valence-electron chi connectivity index (χ4n) is 4.98. The zero-order chi connectivity index (χ0) is 29.2. The third-order valence-corrected chi connectivity index (χ3v) is 8.12. The van der Waals surface area contributed by atoms with Gasteiger partial charge in [0.2, 0.25) is 0 Å². The van der Waals surface area contributed by atoms with E-state index in [1.54, 1.807) is 23.0 Å². The van der Waals surface area contributed by atoms with E-state index in [0.717, 1.165) is 22.2 Å². The van der Waals surface area contributed by atoms with E-state index >= 15 is 0 Å². The molecule has 1 amide bonds. The first kappa shape index (κ1) is 28.3. The van der Waals surface area contributed by atoms with Crippen LogP contribution in [0, 0.1) is 5.92 Å². The standard InChI is InChI=1S/C31H27Cl2N5O4/c1-18-26(15-38-17-35-28(32)29(38)33)41-31(42-27(18)20-8-6-19(16-39)7-9-20)21-10-12-22(13-11-21)36-30(40)25-14-34-23-4-2-3-5-24(23)37-25/h2-14,17-18,26-27,31,39H,15-16H2,1H3,(H,36,40)/t18-,26+,27+,31+/m1/s1. The lowest BCUT2D eigenvalue weighted by Crippen LogP contribution is -2.39. The number of imidazole rings is 1. The van der Waals surface area contributed by atoms with Gasteiger partial charge in [-0.3, -0.25) is 9.78 Å². The van der Waals surface area contributed by atoms with Gasteiger partial charge in [-0.2, -0.15) is 0 Å². The minimum atomic E-state index is -0.692. The van der Waals surface area contributed by atoms with Crippen molar-refractivity contribution in [2.45, 2.75) is 38.6 Å². The lowest BCUT2D eigenvalue weighted by atomic mass is 9.90. The largest absolute Gasteiger partial charge is 0.392 e. The normalized spacial score (nSPS) is 20.5. The van der Waals surface area contributed by atoms with Crippen LogP contribution in [0.4, 0.5) is 5.69 Å². The van der Waals surface area contributed by atoms with E-state index in [2.05, 4.69) is 27.2 Å². The van der Waals surface area contributed by atoms with E-state index in [-0.39, 0.29) is 41.5 Å². The molecule has 214 valence electrons. The molecule has 1 fully saturated rings. The Morgan fingerprint density at radius 3 is 2.36 bits per heavy atom. The summed E-state index contributed by atoms with van der Waals surface area (Å²) in [4.78, 5) is 25.7. The number of amides is 1. The smallest absolute Gasteiger partial charge is 0.275 e.